The van der Waals surface area contributed by atoms with Crippen LogP contribution in [0.1, 0.15) is 25.7 Å². The molecule has 1 aliphatic carbocycles. The Bertz CT molecular complexity index is 192. The molecule has 1 heterocycles. The number of hydrogen-bond acceptors (Lipinski definition) is 3. The van der Waals surface area contributed by atoms with Crippen LogP contribution in [0, 0.1) is 11.3 Å². The van der Waals surface area contributed by atoms with E-state index < -0.39 is 0 Å². The van der Waals surface area contributed by atoms with E-state index >= 15 is 0 Å². The molecule has 0 aromatic rings. The Labute approximate surface area is 93.0 Å². The van der Waals surface area contributed by atoms with Gasteiger partial charge in [0.1, 0.15) is 0 Å². The van der Waals surface area contributed by atoms with Gasteiger partial charge in [0, 0.05) is 20.3 Å². The van der Waals surface area contributed by atoms with Crippen LogP contribution >= 0.6 is 0 Å². The highest BCUT2D eigenvalue weighted by molar-refractivity contribution is 5.00. The first-order valence-corrected chi connectivity index (χ1v) is 6.28. The van der Waals surface area contributed by atoms with E-state index in [1.165, 1.54) is 38.9 Å². The summed E-state index contributed by atoms with van der Waals surface area (Å²) in [5, 5.41) is 7.12. The summed E-state index contributed by atoms with van der Waals surface area (Å²) in [6.07, 6.45) is 5.47. The highest BCUT2D eigenvalue weighted by Gasteiger charge is 2.46. The van der Waals surface area contributed by atoms with Crippen molar-refractivity contribution in [3.8, 4) is 0 Å². The van der Waals surface area contributed by atoms with Crippen LogP contribution in [0.2, 0.25) is 0 Å². The molecule has 1 spiro atoms. The van der Waals surface area contributed by atoms with Crippen LogP contribution in [0.3, 0.4) is 0 Å². The standard InChI is InChI=1S/C12H24N2O/c1-15-7-3-6-13-8-11-9-14-10-12(11)4-2-5-12/h11,13-14H,2-10H2,1H3. The highest BCUT2D eigenvalue weighted by Crippen LogP contribution is 2.48. The van der Waals surface area contributed by atoms with Crippen molar-refractivity contribution in [2.24, 2.45) is 11.3 Å². The summed E-state index contributed by atoms with van der Waals surface area (Å²) in [7, 11) is 1.77. The number of rotatable bonds is 6. The molecule has 2 aliphatic rings. The Balaban J connectivity index is 1.62. The molecule has 15 heavy (non-hydrogen) atoms. The molecular weight excluding hydrogens is 188 g/mol. The minimum atomic E-state index is 0.675. The molecule has 2 N–H and O–H groups in total. The van der Waals surface area contributed by atoms with Crippen LogP contribution in [0.4, 0.5) is 0 Å². The SMILES string of the molecule is COCCCNCC1CNCC12CCC2. The molecule has 1 saturated heterocycles. The van der Waals surface area contributed by atoms with Crippen molar-refractivity contribution >= 4 is 0 Å². The Morgan fingerprint density at radius 1 is 1.47 bits per heavy atom. The van der Waals surface area contributed by atoms with Gasteiger partial charge in [0.25, 0.3) is 0 Å². The lowest BCUT2D eigenvalue weighted by atomic mass is 9.63. The molecule has 3 heteroatoms. The minimum absolute atomic E-state index is 0.675. The summed E-state index contributed by atoms with van der Waals surface area (Å²) in [4.78, 5) is 0. The van der Waals surface area contributed by atoms with Gasteiger partial charge in [-0.1, -0.05) is 6.42 Å². The van der Waals surface area contributed by atoms with Crippen molar-refractivity contribution in [3.63, 3.8) is 0 Å². The van der Waals surface area contributed by atoms with Crippen molar-refractivity contribution in [1.29, 1.82) is 0 Å². The van der Waals surface area contributed by atoms with Crippen LogP contribution in [0.25, 0.3) is 0 Å². The Morgan fingerprint density at radius 2 is 2.33 bits per heavy atom. The fraction of sp³-hybridized carbons (Fsp3) is 1.00. The fourth-order valence-corrected chi connectivity index (χ4v) is 2.98. The lowest BCUT2D eigenvalue weighted by Gasteiger charge is -2.43. The lowest BCUT2D eigenvalue weighted by molar-refractivity contribution is 0.0966. The third-order valence-electron chi connectivity index (χ3n) is 4.18. The zero-order valence-corrected chi connectivity index (χ0v) is 9.85. The van der Waals surface area contributed by atoms with Crippen LogP contribution in [-0.4, -0.2) is 39.9 Å². The summed E-state index contributed by atoms with van der Waals surface area (Å²) in [6, 6.07) is 0. The zero-order chi connectivity index (χ0) is 10.6. The normalized spacial score (nSPS) is 28.2. The van der Waals surface area contributed by atoms with Gasteiger partial charge in [-0.15, -0.1) is 0 Å². The number of methoxy groups -OCH3 is 1. The first kappa shape index (κ1) is 11.4. The maximum absolute atomic E-state index is 5.03. The molecule has 0 aromatic carbocycles. The van der Waals surface area contributed by atoms with E-state index in [0.717, 1.165) is 25.5 Å². The van der Waals surface area contributed by atoms with E-state index in [4.69, 9.17) is 4.74 Å². The van der Waals surface area contributed by atoms with Gasteiger partial charge in [-0.25, -0.2) is 0 Å². The van der Waals surface area contributed by atoms with E-state index in [-0.39, 0.29) is 0 Å². The van der Waals surface area contributed by atoms with Crippen LogP contribution < -0.4 is 10.6 Å². The number of nitrogens with one attached hydrogen (secondary N) is 2. The topological polar surface area (TPSA) is 33.3 Å². The molecule has 0 aromatic heterocycles. The van der Waals surface area contributed by atoms with Crippen LogP contribution in [0.15, 0.2) is 0 Å². The van der Waals surface area contributed by atoms with E-state index in [9.17, 15) is 0 Å². The summed E-state index contributed by atoms with van der Waals surface area (Å²) in [5.74, 6) is 0.869. The minimum Gasteiger partial charge on any atom is -0.385 e. The van der Waals surface area contributed by atoms with Crippen LogP contribution in [0.5, 0.6) is 0 Å². The quantitative estimate of drug-likeness (QED) is 0.645. The van der Waals surface area contributed by atoms with E-state index in [2.05, 4.69) is 10.6 Å². The number of ether oxygens (including phenoxy) is 1. The monoisotopic (exact) mass is 212 g/mol. The predicted molar refractivity (Wildman–Crippen MR) is 62.0 cm³/mol. The molecule has 0 radical (unpaired) electrons. The van der Waals surface area contributed by atoms with Gasteiger partial charge in [-0.3, -0.25) is 0 Å². The van der Waals surface area contributed by atoms with E-state index in [1.54, 1.807) is 7.11 Å². The predicted octanol–water partition coefficient (Wildman–Crippen LogP) is 1.00. The molecule has 2 rings (SSSR count). The second-order valence-electron chi connectivity index (χ2n) is 5.09. The average Bonchev–Trinajstić information content (AvgIpc) is 2.61. The molecule has 0 amide bonds. The van der Waals surface area contributed by atoms with Gasteiger partial charge in [-0.05, 0) is 50.2 Å². The average molecular weight is 212 g/mol. The molecule has 3 nitrogen and oxygen atoms in total. The molecule has 1 aliphatic heterocycles. The third kappa shape index (κ3) is 2.52. The Kier molecular flexibility index (Phi) is 4.00. The molecule has 1 atom stereocenters. The van der Waals surface area contributed by atoms with Gasteiger partial charge in [0.05, 0.1) is 0 Å². The summed E-state index contributed by atoms with van der Waals surface area (Å²) < 4.78 is 5.03. The van der Waals surface area contributed by atoms with Crippen LogP contribution in [-0.2, 0) is 4.74 Å². The Hall–Kier alpha value is -0.120. The summed E-state index contributed by atoms with van der Waals surface area (Å²) in [5.41, 5.74) is 0.675. The number of hydrogen-bond donors (Lipinski definition) is 2. The molecular formula is C12H24N2O. The van der Waals surface area contributed by atoms with Crippen molar-refractivity contribution in [2.75, 3.05) is 39.9 Å². The van der Waals surface area contributed by atoms with Gasteiger partial charge in [0.15, 0.2) is 0 Å². The summed E-state index contributed by atoms with van der Waals surface area (Å²) >= 11 is 0. The smallest absolute Gasteiger partial charge is 0.0474 e. The zero-order valence-electron chi connectivity index (χ0n) is 9.85. The van der Waals surface area contributed by atoms with Gasteiger partial charge in [-0.2, -0.15) is 0 Å². The molecule has 2 fully saturated rings. The van der Waals surface area contributed by atoms with Crippen molar-refractivity contribution in [2.45, 2.75) is 25.7 Å². The first-order valence-electron chi connectivity index (χ1n) is 6.28. The fourth-order valence-electron chi connectivity index (χ4n) is 2.98. The second kappa shape index (κ2) is 5.28. The van der Waals surface area contributed by atoms with Crippen molar-refractivity contribution in [1.82, 2.24) is 10.6 Å². The van der Waals surface area contributed by atoms with E-state index in [1.807, 2.05) is 0 Å². The molecule has 0 bridgehead atoms. The third-order valence-corrected chi connectivity index (χ3v) is 4.18. The van der Waals surface area contributed by atoms with Gasteiger partial charge >= 0.3 is 0 Å². The van der Waals surface area contributed by atoms with Gasteiger partial charge < -0.3 is 15.4 Å². The second-order valence-corrected chi connectivity index (χ2v) is 5.09. The maximum Gasteiger partial charge on any atom is 0.0474 e. The largest absolute Gasteiger partial charge is 0.385 e. The van der Waals surface area contributed by atoms with Crippen molar-refractivity contribution in [3.05, 3.63) is 0 Å². The summed E-state index contributed by atoms with van der Waals surface area (Å²) in [6.45, 7) is 5.65. The van der Waals surface area contributed by atoms with E-state index in [0.29, 0.717) is 5.41 Å². The lowest BCUT2D eigenvalue weighted by Crippen LogP contribution is -2.41. The van der Waals surface area contributed by atoms with Gasteiger partial charge in [0.2, 0.25) is 0 Å². The first-order chi connectivity index (χ1) is 7.37. The Morgan fingerprint density at radius 3 is 3.00 bits per heavy atom. The highest BCUT2D eigenvalue weighted by atomic mass is 16.5. The van der Waals surface area contributed by atoms with Crippen molar-refractivity contribution < 1.29 is 4.74 Å². The molecule has 1 saturated carbocycles. The maximum atomic E-state index is 5.03. The molecule has 88 valence electrons. The molecule has 1 unspecified atom stereocenters.